The molecule has 1 aliphatic heterocycles. The summed E-state index contributed by atoms with van der Waals surface area (Å²) < 4.78 is 15.9. The van der Waals surface area contributed by atoms with Crippen molar-refractivity contribution in [1.29, 1.82) is 0 Å². The summed E-state index contributed by atoms with van der Waals surface area (Å²) in [6.45, 7) is 3.35. The van der Waals surface area contributed by atoms with Crippen molar-refractivity contribution in [2.24, 2.45) is 0 Å². The van der Waals surface area contributed by atoms with Gasteiger partial charge in [-0.05, 0) is 47.5 Å². The van der Waals surface area contributed by atoms with Crippen molar-refractivity contribution in [2.75, 3.05) is 52.3 Å². The molecule has 1 N–H and O–H groups in total. The predicted molar refractivity (Wildman–Crippen MR) is 152 cm³/mol. The van der Waals surface area contributed by atoms with Crippen LogP contribution in [0, 0.1) is 0 Å². The molecule has 0 saturated carbocycles. The molecule has 210 valence electrons. The van der Waals surface area contributed by atoms with Crippen LogP contribution in [-0.4, -0.2) is 74.7 Å². The maximum Gasteiger partial charge on any atom is 0.339 e. The second-order valence-corrected chi connectivity index (χ2v) is 9.73. The summed E-state index contributed by atoms with van der Waals surface area (Å²) in [6, 6.07) is 21.2. The first-order valence-electron chi connectivity index (χ1n) is 12.9. The molecule has 2 amide bonds. The normalized spacial score (nSPS) is 14.3. The molecule has 4 rings (SSSR count). The second kappa shape index (κ2) is 13.9. The van der Waals surface area contributed by atoms with Gasteiger partial charge >= 0.3 is 18.0 Å². The number of piperazine rings is 1. The largest absolute Gasteiger partial charge is 0.465 e. The van der Waals surface area contributed by atoms with Crippen molar-refractivity contribution in [1.82, 2.24) is 9.80 Å². The number of methoxy groups -OCH3 is 2. The third kappa shape index (κ3) is 7.59. The second-order valence-electron chi connectivity index (χ2n) is 9.29. The lowest BCUT2D eigenvalue weighted by molar-refractivity contribution is 0.00592. The maximum absolute atomic E-state index is 12.9. The number of rotatable bonds is 9. The number of benzene rings is 3. The molecule has 1 atom stereocenters. The number of nitrogens with zero attached hydrogens (tertiary/aromatic N) is 2. The van der Waals surface area contributed by atoms with Crippen LogP contribution >= 0.6 is 11.6 Å². The summed E-state index contributed by atoms with van der Waals surface area (Å²) in [5, 5.41) is 3.48. The smallest absolute Gasteiger partial charge is 0.339 e. The Hall–Kier alpha value is -3.92. The Morgan fingerprint density at radius 1 is 0.850 bits per heavy atom. The van der Waals surface area contributed by atoms with E-state index in [4.69, 9.17) is 25.8 Å². The van der Waals surface area contributed by atoms with Crippen LogP contribution in [0.25, 0.3) is 0 Å². The van der Waals surface area contributed by atoms with E-state index >= 15 is 0 Å². The van der Waals surface area contributed by atoms with E-state index in [1.165, 1.54) is 14.2 Å². The number of nitrogens with one attached hydrogen (secondary N) is 1. The topological polar surface area (TPSA) is 97.4 Å². The molecular weight excluding hydrogens is 534 g/mol. The van der Waals surface area contributed by atoms with Crippen LogP contribution in [0.2, 0.25) is 5.02 Å². The first kappa shape index (κ1) is 29.1. The fourth-order valence-electron chi connectivity index (χ4n) is 4.43. The Morgan fingerprint density at radius 3 is 2.15 bits per heavy atom. The van der Waals surface area contributed by atoms with E-state index in [2.05, 4.69) is 10.2 Å². The lowest BCUT2D eigenvalue weighted by Gasteiger charge is -2.36. The molecule has 0 spiro atoms. The summed E-state index contributed by atoms with van der Waals surface area (Å²) in [5.74, 6) is -0.889. The number of halogens is 1. The zero-order valence-corrected chi connectivity index (χ0v) is 23.2. The average molecular weight is 566 g/mol. The van der Waals surface area contributed by atoms with E-state index < -0.39 is 5.97 Å². The lowest BCUT2D eigenvalue weighted by Crippen LogP contribution is -2.51. The van der Waals surface area contributed by atoms with E-state index in [9.17, 15) is 14.4 Å². The van der Waals surface area contributed by atoms with Crippen LogP contribution < -0.4 is 5.32 Å². The molecule has 40 heavy (non-hydrogen) atoms. The minimum Gasteiger partial charge on any atom is -0.465 e. The Bertz CT molecular complexity index is 1310. The summed E-state index contributed by atoms with van der Waals surface area (Å²) >= 11 is 6.11. The summed E-state index contributed by atoms with van der Waals surface area (Å²) in [6.07, 6.45) is -0.232. The summed E-state index contributed by atoms with van der Waals surface area (Å²) in [4.78, 5) is 40.7. The molecule has 1 heterocycles. The number of esters is 2. The molecule has 1 fully saturated rings. The van der Waals surface area contributed by atoms with Gasteiger partial charge in [0.15, 0.2) is 0 Å². The van der Waals surface area contributed by atoms with Crippen molar-refractivity contribution >= 4 is 35.3 Å². The Kier molecular flexibility index (Phi) is 10.1. The SMILES string of the molecule is COC(=O)c1ccc(CO[C@@H](CN2CCN(C(=O)Nc3ccccc3C(=O)OC)CC2)c2ccc(Cl)cc2)cc1. The number of carbonyl (C=O) groups excluding carboxylic acids is 3. The van der Waals surface area contributed by atoms with Gasteiger partial charge in [0.25, 0.3) is 0 Å². The Balaban J connectivity index is 1.36. The summed E-state index contributed by atoms with van der Waals surface area (Å²) in [7, 11) is 2.66. The zero-order valence-electron chi connectivity index (χ0n) is 22.5. The first-order valence-corrected chi connectivity index (χ1v) is 13.3. The molecule has 0 bridgehead atoms. The van der Waals surface area contributed by atoms with E-state index in [0.717, 1.165) is 11.1 Å². The van der Waals surface area contributed by atoms with Gasteiger partial charge in [0.2, 0.25) is 0 Å². The standard InChI is InChI=1S/C30H32ClN3O6/c1-38-28(35)23-9-7-21(8-10-23)20-40-27(22-11-13-24(31)14-12-22)19-33-15-17-34(18-16-33)30(37)32-26-6-4-3-5-25(26)29(36)39-2/h3-14,27H,15-20H2,1-2H3,(H,32,37)/t27-/m0/s1. The molecule has 1 saturated heterocycles. The van der Waals surface area contributed by atoms with Crippen LogP contribution in [0.5, 0.6) is 0 Å². The highest BCUT2D eigenvalue weighted by Gasteiger charge is 2.25. The lowest BCUT2D eigenvalue weighted by atomic mass is 10.1. The number of carbonyl (C=O) groups is 3. The van der Waals surface area contributed by atoms with Gasteiger partial charge < -0.3 is 24.4 Å². The minimum absolute atomic E-state index is 0.232. The molecule has 9 nitrogen and oxygen atoms in total. The predicted octanol–water partition coefficient (Wildman–Crippen LogP) is 5.02. The van der Waals surface area contributed by atoms with Crippen LogP contribution in [0.1, 0.15) is 37.9 Å². The molecule has 0 aromatic heterocycles. The monoisotopic (exact) mass is 565 g/mol. The zero-order chi connectivity index (χ0) is 28.5. The van der Waals surface area contributed by atoms with Crippen LogP contribution in [0.4, 0.5) is 10.5 Å². The molecular formula is C30H32ClN3O6. The first-order chi connectivity index (χ1) is 19.4. The van der Waals surface area contributed by atoms with E-state index in [1.54, 1.807) is 41.3 Å². The molecule has 1 aliphatic rings. The van der Waals surface area contributed by atoms with Gasteiger partial charge in [0.05, 0.1) is 43.7 Å². The molecule has 3 aromatic carbocycles. The third-order valence-corrected chi connectivity index (χ3v) is 6.98. The van der Waals surface area contributed by atoms with Gasteiger partial charge in [-0.3, -0.25) is 4.90 Å². The van der Waals surface area contributed by atoms with E-state index in [0.29, 0.717) is 61.2 Å². The van der Waals surface area contributed by atoms with Crippen molar-refractivity contribution in [3.8, 4) is 0 Å². The van der Waals surface area contributed by atoms with E-state index in [-0.39, 0.29) is 18.1 Å². The highest BCUT2D eigenvalue weighted by molar-refractivity contribution is 6.30. The molecule has 0 unspecified atom stereocenters. The Morgan fingerprint density at radius 2 is 1.50 bits per heavy atom. The number of ether oxygens (including phenoxy) is 3. The molecule has 10 heteroatoms. The Labute approximate surface area is 238 Å². The van der Waals surface area contributed by atoms with Gasteiger partial charge in [-0.15, -0.1) is 0 Å². The van der Waals surface area contributed by atoms with Crippen molar-refractivity contribution < 1.29 is 28.6 Å². The minimum atomic E-state index is -0.506. The molecule has 0 radical (unpaired) electrons. The van der Waals surface area contributed by atoms with E-state index in [1.807, 2.05) is 36.4 Å². The van der Waals surface area contributed by atoms with Crippen molar-refractivity contribution in [2.45, 2.75) is 12.7 Å². The maximum atomic E-state index is 12.9. The number of hydrogen-bond acceptors (Lipinski definition) is 7. The molecule has 3 aromatic rings. The third-order valence-electron chi connectivity index (χ3n) is 6.73. The quantitative estimate of drug-likeness (QED) is 0.364. The van der Waals surface area contributed by atoms with Gasteiger partial charge in [-0.1, -0.05) is 48.0 Å². The number of amides is 2. The number of urea groups is 1. The van der Waals surface area contributed by atoms with Crippen molar-refractivity contribution in [3.05, 3.63) is 100 Å². The highest BCUT2D eigenvalue weighted by atomic mass is 35.5. The van der Waals surface area contributed by atoms with Crippen LogP contribution in [0.3, 0.4) is 0 Å². The van der Waals surface area contributed by atoms with Gasteiger partial charge in [-0.2, -0.15) is 0 Å². The average Bonchev–Trinajstić information content (AvgIpc) is 2.99. The van der Waals surface area contributed by atoms with Crippen LogP contribution in [-0.2, 0) is 20.8 Å². The number of anilines is 1. The van der Waals surface area contributed by atoms with Crippen LogP contribution in [0.15, 0.2) is 72.8 Å². The summed E-state index contributed by atoms with van der Waals surface area (Å²) in [5.41, 5.74) is 3.13. The number of para-hydroxylation sites is 1. The fraction of sp³-hybridized carbons (Fsp3) is 0.300. The van der Waals surface area contributed by atoms with Gasteiger partial charge in [0.1, 0.15) is 0 Å². The fourth-order valence-corrected chi connectivity index (χ4v) is 4.55. The van der Waals surface area contributed by atoms with Gasteiger partial charge in [0, 0.05) is 37.7 Å². The number of hydrogen-bond donors (Lipinski definition) is 1. The highest BCUT2D eigenvalue weighted by Crippen LogP contribution is 2.24. The van der Waals surface area contributed by atoms with Crippen molar-refractivity contribution in [3.63, 3.8) is 0 Å². The van der Waals surface area contributed by atoms with Gasteiger partial charge in [-0.25, -0.2) is 14.4 Å². The molecule has 0 aliphatic carbocycles.